The molecule has 0 spiro atoms. The standard InChI is InChI=1S/C19H17ClN6O/c1-12-7-13(2)26-18(23-12)17(9-22-26)19(27)24-16-8-21-25(11-16)10-14-3-5-15(20)6-4-14/h3-9,11H,10H2,1-2H3,(H,24,27). The summed E-state index contributed by atoms with van der Waals surface area (Å²) in [5, 5.41) is 12.1. The maximum Gasteiger partial charge on any atom is 0.261 e. The topological polar surface area (TPSA) is 77.1 Å². The van der Waals surface area contributed by atoms with Crippen LogP contribution in [0.2, 0.25) is 5.02 Å². The number of halogens is 1. The normalized spacial score (nSPS) is 11.1. The van der Waals surface area contributed by atoms with E-state index in [9.17, 15) is 4.79 Å². The van der Waals surface area contributed by atoms with Crippen LogP contribution in [0, 0.1) is 13.8 Å². The number of carbonyl (C=O) groups excluding carboxylic acids is 1. The fourth-order valence-corrected chi connectivity index (χ4v) is 3.05. The van der Waals surface area contributed by atoms with E-state index in [1.54, 1.807) is 21.6 Å². The average molecular weight is 381 g/mol. The zero-order valence-electron chi connectivity index (χ0n) is 14.8. The Morgan fingerprint density at radius 2 is 1.93 bits per heavy atom. The number of hydrogen-bond acceptors (Lipinski definition) is 4. The third-order valence-electron chi connectivity index (χ3n) is 4.17. The first kappa shape index (κ1) is 17.2. The molecule has 0 saturated carbocycles. The second-order valence-corrected chi connectivity index (χ2v) is 6.78. The summed E-state index contributed by atoms with van der Waals surface area (Å²) in [5.74, 6) is -0.270. The monoisotopic (exact) mass is 380 g/mol. The Morgan fingerprint density at radius 1 is 1.15 bits per heavy atom. The lowest BCUT2D eigenvalue weighted by Gasteiger charge is -2.03. The van der Waals surface area contributed by atoms with Crippen molar-refractivity contribution < 1.29 is 4.79 Å². The van der Waals surface area contributed by atoms with Crippen molar-refractivity contribution in [2.75, 3.05) is 5.32 Å². The van der Waals surface area contributed by atoms with Crippen molar-refractivity contribution in [3.8, 4) is 0 Å². The Bertz CT molecular complexity index is 1130. The van der Waals surface area contributed by atoms with E-state index in [4.69, 9.17) is 11.6 Å². The molecule has 4 aromatic rings. The van der Waals surface area contributed by atoms with Crippen LogP contribution in [0.4, 0.5) is 5.69 Å². The first-order chi connectivity index (χ1) is 13.0. The number of nitrogens with one attached hydrogen (secondary N) is 1. The molecule has 0 aliphatic rings. The zero-order chi connectivity index (χ0) is 19.0. The SMILES string of the molecule is Cc1cc(C)n2ncc(C(=O)Nc3cnn(Cc4ccc(Cl)cc4)c3)c2n1. The molecule has 1 aromatic carbocycles. The van der Waals surface area contributed by atoms with E-state index in [1.807, 2.05) is 44.2 Å². The fourth-order valence-electron chi connectivity index (χ4n) is 2.92. The van der Waals surface area contributed by atoms with Crippen molar-refractivity contribution in [1.82, 2.24) is 24.4 Å². The molecule has 1 amide bonds. The molecule has 0 bridgehead atoms. The summed E-state index contributed by atoms with van der Waals surface area (Å²) in [6, 6.07) is 9.48. The largest absolute Gasteiger partial charge is 0.319 e. The van der Waals surface area contributed by atoms with E-state index >= 15 is 0 Å². The molecule has 4 rings (SSSR count). The van der Waals surface area contributed by atoms with Gasteiger partial charge in [0, 0.05) is 22.6 Å². The Labute approximate surface area is 160 Å². The first-order valence-corrected chi connectivity index (χ1v) is 8.77. The van der Waals surface area contributed by atoms with Crippen LogP contribution in [0.5, 0.6) is 0 Å². The van der Waals surface area contributed by atoms with Gasteiger partial charge in [-0.05, 0) is 37.6 Å². The van der Waals surface area contributed by atoms with Gasteiger partial charge >= 0.3 is 0 Å². The van der Waals surface area contributed by atoms with E-state index in [-0.39, 0.29) is 5.91 Å². The fraction of sp³-hybridized carbons (Fsp3) is 0.158. The molecule has 8 heteroatoms. The lowest BCUT2D eigenvalue weighted by molar-refractivity contribution is 0.102. The van der Waals surface area contributed by atoms with E-state index < -0.39 is 0 Å². The molecule has 0 atom stereocenters. The maximum absolute atomic E-state index is 12.7. The van der Waals surface area contributed by atoms with Gasteiger partial charge in [0.15, 0.2) is 5.65 Å². The molecule has 3 aromatic heterocycles. The second-order valence-electron chi connectivity index (χ2n) is 6.34. The van der Waals surface area contributed by atoms with E-state index in [1.165, 1.54) is 6.20 Å². The zero-order valence-corrected chi connectivity index (χ0v) is 15.6. The minimum Gasteiger partial charge on any atom is -0.319 e. The third-order valence-corrected chi connectivity index (χ3v) is 4.42. The Balaban J connectivity index is 1.52. The number of anilines is 1. The van der Waals surface area contributed by atoms with Gasteiger partial charge < -0.3 is 5.32 Å². The highest BCUT2D eigenvalue weighted by atomic mass is 35.5. The van der Waals surface area contributed by atoms with Gasteiger partial charge in [0.2, 0.25) is 0 Å². The van der Waals surface area contributed by atoms with Gasteiger partial charge in [0.1, 0.15) is 5.56 Å². The molecule has 1 N–H and O–H groups in total. The number of carbonyl (C=O) groups is 1. The number of fused-ring (bicyclic) bond motifs is 1. The predicted molar refractivity (Wildman–Crippen MR) is 103 cm³/mol. The Hall–Kier alpha value is -3.19. The molecule has 0 aliphatic heterocycles. The molecule has 0 aliphatic carbocycles. The van der Waals surface area contributed by atoms with Crippen LogP contribution >= 0.6 is 11.6 Å². The summed E-state index contributed by atoms with van der Waals surface area (Å²) in [4.78, 5) is 17.1. The van der Waals surface area contributed by atoms with Gasteiger partial charge in [-0.3, -0.25) is 9.48 Å². The van der Waals surface area contributed by atoms with Crippen LogP contribution in [-0.4, -0.2) is 30.3 Å². The van der Waals surface area contributed by atoms with Gasteiger partial charge in [-0.1, -0.05) is 23.7 Å². The molecular formula is C19H17ClN6O. The summed E-state index contributed by atoms with van der Waals surface area (Å²) in [6.45, 7) is 4.41. The first-order valence-electron chi connectivity index (χ1n) is 8.40. The van der Waals surface area contributed by atoms with Crippen LogP contribution in [0.15, 0.2) is 48.9 Å². The molecule has 136 valence electrons. The van der Waals surface area contributed by atoms with Crippen molar-refractivity contribution in [3.63, 3.8) is 0 Å². The second kappa shape index (κ2) is 6.85. The minimum absolute atomic E-state index is 0.270. The molecule has 7 nitrogen and oxygen atoms in total. The van der Waals surface area contributed by atoms with Gasteiger partial charge in [0.25, 0.3) is 5.91 Å². The highest BCUT2D eigenvalue weighted by Gasteiger charge is 2.16. The van der Waals surface area contributed by atoms with Gasteiger partial charge in [-0.2, -0.15) is 10.2 Å². The quantitative estimate of drug-likeness (QED) is 0.587. The van der Waals surface area contributed by atoms with Gasteiger partial charge in [-0.25, -0.2) is 9.50 Å². The number of hydrogen-bond donors (Lipinski definition) is 1. The molecule has 0 unspecified atom stereocenters. The van der Waals surface area contributed by atoms with Gasteiger partial charge in [0.05, 0.1) is 24.6 Å². The van der Waals surface area contributed by atoms with Crippen LogP contribution in [0.3, 0.4) is 0 Å². The average Bonchev–Trinajstić information content (AvgIpc) is 3.24. The van der Waals surface area contributed by atoms with Crippen molar-refractivity contribution >= 4 is 28.8 Å². The number of amides is 1. The molecule has 3 heterocycles. The Kier molecular flexibility index (Phi) is 4.37. The summed E-state index contributed by atoms with van der Waals surface area (Å²) in [7, 11) is 0. The van der Waals surface area contributed by atoms with Gasteiger partial charge in [-0.15, -0.1) is 0 Å². The molecule has 27 heavy (non-hydrogen) atoms. The predicted octanol–water partition coefficient (Wildman–Crippen LogP) is 3.50. The van der Waals surface area contributed by atoms with Crippen LogP contribution < -0.4 is 5.32 Å². The summed E-state index contributed by atoms with van der Waals surface area (Å²) in [6.07, 6.45) is 4.92. The van der Waals surface area contributed by atoms with Crippen molar-refractivity contribution in [2.24, 2.45) is 0 Å². The lowest BCUT2D eigenvalue weighted by Crippen LogP contribution is -2.12. The summed E-state index contributed by atoms with van der Waals surface area (Å²) in [5.41, 5.74) is 4.40. The van der Waals surface area contributed by atoms with E-state index in [0.29, 0.717) is 28.5 Å². The van der Waals surface area contributed by atoms with Crippen molar-refractivity contribution in [2.45, 2.75) is 20.4 Å². The Morgan fingerprint density at radius 3 is 2.70 bits per heavy atom. The molecule has 0 fully saturated rings. The number of rotatable bonds is 4. The van der Waals surface area contributed by atoms with Crippen LogP contribution in [0.25, 0.3) is 5.65 Å². The summed E-state index contributed by atoms with van der Waals surface area (Å²) < 4.78 is 3.41. The van der Waals surface area contributed by atoms with E-state index in [0.717, 1.165) is 17.0 Å². The lowest BCUT2D eigenvalue weighted by atomic mass is 10.2. The minimum atomic E-state index is -0.270. The number of nitrogens with zero attached hydrogens (tertiary/aromatic N) is 5. The highest BCUT2D eigenvalue weighted by molar-refractivity contribution is 6.30. The van der Waals surface area contributed by atoms with Crippen molar-refractivity contribution in [3.05, 3.63) is 76.5 Å². The maximum atomic E-state index is 12.7. The number of aromatic nitrogens is 5. The molecular weight excluding hydrogens is 364 g/mol. The third kappa shape index (κ3) is 3.54. The molecule has 0 saturated heterocycles. The number of aryl methyl sites for hydroxylation is 2. The van der Waals surface area contributed by atoms with E-state index in [2.05, 4.69) is 20.5 Å². The molecule has 0 radical (unpaired) electrons. The highest BCUT2D eigenvalue weighted by Crippen LogP contribution is 2.15. The summed E-state index contributed by atoms with van der Waals surface area (Å²) >= 11 is 5.90. The van der Waals surface area contributed by atoms with Crippen LogP contribution in [-0.2, 0) is 6.54 Å². The smallest absolute Gasteiger partial charge is 0.261 e. The van der Waals surface area contributed by atoms with Crippen LogP contribution in [0.1, 0.15) is 27.3 Å². The number of benzene rings is 1. The van der Waals surface area contributed by atoms with Crippen molar-refractivity contribution in [1.29, 1.82) is 0 Å².